The average molecular weight is 252 g/mol. The van der Waals surface area contributed by atoms with E-state index >= 15 is 0 Å². The number of hydrogen-bond acceptors (Lipinski definition) is 2. The van der Waals surface area contributed by atoms with Crippen LogP contribution in [0.4, 0.5) is 0 Å². The quantitative estimate of drug-likeness (QED) is 0.842. The van der Waals surface area contributed by atoms with Crippen molar-refractivity contribution < 1.29 is 5.11 Å². The van der Waals surface area contributed by atoms with Crippen molar-refractivity contribution >= 4 is 11.6 Å². The van der Waals surface area contributed by atoms with E-state index in [0.29, 0.717) is 22.7 Å². The maximum atomic E-state index is 9.70. The minimum Gasteiger partial charge on any atom is -0.508 e. The van der Waals surface area contributed by atoms with Crippen LogP contribution in [0.1, 0.15) is 31.2 Å². The Hall–Kier alpha value is -0.730. The summed E-state index contributed by atoms with van der Waals surface area (Å²) in [5.74, 6) is 1.31. The molecule has 3 rings (SSSR count). The maximum Gasteiger partial charge on any atom is 0.120 e. The molecule has 0 radical (unpaired) electrons. The summed E-state index contributed by atoms with van der Waals surface area (Å²) >= 11 is 5.92. The van der Waals surface area contributed by atoms with E-state index in [9.17, 15) is 5.11 Å². The van der Waals surface area contributed by atoms with Gasteiger partial charge in [0.2, 0.25) is 0 Å². The van der Waals surface area contributed by atoms with Gasteiger partial charge in [-0.3, -0.25) is 0 Å². The first-order chi connectivity index (χ1) is 8.20. The third-order valence-corrected chi connectivity index (χ3v) is 4.40. The third-order valence-electron chi connectivity index (χ3n) is 4.17. The van der Waals surface area contributed by atoms with Crippen molar-refractivity contribution in [1.82, 2.24) is 5.32 Å². The summed E-state index contributed by atoms with van der Waals surface area (Å²) in [6, 6.07) is 5.21. The van der Waals surface area contributed by atoms with Gasteiger partial charge in [-0.1, -0.05) is 11.6 Å². The van der Waals surface area contributed by atoms with Crippen molar-refractivity contribution in [1.29, 1.82) is 0 Å². The Bertz CT molecular complexity index is 424. The van der Waals surface area contributed by atoms with Crippen LogP contribution in [0.2, 0.25) is 5.02 Å². The first kappa shape index (κ1) is 11.4. The van der Waals surface area contributed by atoms with Crippen molar-refractivity contribution in [3.8, 4) is 5.75 Å². The van der Waals surface area contributed by atoms with Gasteiger partial charge in [0.25, 0.3) is 0 Å². The summed E-state index contributed by atoms with van der Waals surface area (Å²) in [7, 11) is 0. The molecule has 0 aliphatic heterocycles. The second-order valence-corrected chi connectivity index (χ2v) is 5.95. The summed E-state index contributed by atoms with van der Waals surface area (Å²) in [6.07, 6.45) is 5.60. The van der Waals surface area contributed by atoms with E-state index in [1.165, 1.54) is 25.7 Å². The SMILES string of the molecule is Oc1ccc(Cl)cc1CNCC1(C2CC2)CC1. The molecule has 2 aliphatic rings. The monoisotopic (exact) mass is 251 g/mol. The summed E-state index contributed by atoms with van der Waals surface area (Å²) in [4.78, 5) is 0. The van der Waals surface area contributed by atoms with Crippen LogP contribution in [0.15, 0.2) is 18.2 Å². The summed E-state index contributed by atoms with van der Waals surface area (Å²) in [5, 5.41) is 13.9. The Labute approximate surface area is 107 Å². The molecule has 0 saturated heterocycles. The fourth-order valence-corrected chi connectivity index (χ4v) is 2.92. The zero-order chi connectivity index (χ0) is 11.9. The van der Waals surface area contributed by atoms with Crippen LogP contribution in [0.25, 0.3) is 0 Å². The van der Waals surface area contributed by atoms with Gasteiger partial charge >= 0.3 is 0 Å². The van der Waals surface area contributed by atoms with Gasteiger partial charge < -0.3 is 10.4 Å². The van der Waals surface area contributed by atoms with Gasteiger partial charge in [0.1, 0.15) is 5.75 Å². The Morgan fingerprint density at radius 2 is 2.12 bits per heavy atom. The largest absolute Gasteiger partial charge is 0.508 e. The fraction of sp³-hybridized carbons (Fsp3) is 0.571. The second-order valence-electron chi connectivity index (χ2n) is 5.51. The molecule has 0 spiro atoms. The topological polar surface area (TPSA) is 32.3 Å². The van der Waals surface area contributed by atoms with E-state index in [2.05, 4.69) is 5.32 Å². The number of aromatic hydroxyl groups is 1. The van der Waals surface area contributed by atoms with Crippen LogP contribution >= 0.6 is 11.6 Å². The molecule has 2 nitrogen and oxygen atoms in total. The number of rotatable bonds is 5. The normalized spacial score (nSPS) is 21.5. The molecule has 0 bridgehead atoms. The molecule has 2 fully saturated rings. The van der Waals surface area contributed by atoms with Crippen LogP contribution in [-0.2, 0) is 6.54 Å². The van der Waals surface area contributed by atoms with E-state index in [4.69, 9.17) is 11.6 Å². The maximum absolute atomic E-state index is 9.70. The van der Waals surface area contributed by atoms with Crippen molar-refractivity contribution in [2.24, 2.45) is 11.3 Å². The number of phenolic OH excluding ortho intramolecular Hbond substituents is 1. The highest BCUT2D eigenvalue weighted by Gasteiger charge is 2.53. The number of nitrogens with one attached hydrogen (secondary N) is 1. The van der Waals surface area contributed by atoms with E-state index < -0.39 is 0 Å². The number of benzene rings is 1. The van der Waals surface area contributed by atoms with Gasteiger partial charge in [0, 0.05) is 23.7 Å². The lowest BCUT2D eigenvalue weighted by Crippen LogP contribution is -2.25. The lowest BCUT2D eigenvalue weighted by molar-refractivity contribution is 0.399. The molecule has 17 heavy (non-hydrogen) atoms. The van der Waals surface area contributed by atoms with Gasteiger partial charge in [-0.15, -0.1) is 0 Å². The van der Waals surface area contributed by atoms with Gasteiger partial charge in [-0.2, -0.15) is 0 Å². The lowest BCUT2D eigenvalue weighted by Gasteiger charge is -2.15. The molecule has 0 amide bonds. The molecule has 1 aromatic rings. The first-order valence-corrected chi connectivity index (χ1v) is 6.76. The second kappa shape index (κ2) is 4.18. The van der Waals surface area contributed by atoms with E-state index in [1.807, 2.05) is 6.07 Å². The third kappa shape index (κ3) is 2.43. The molecule has 0 atom stereocenters. The minimum absolute atomic E-state index is 0.332. The zero-order valence-corrected chi connectivity index (χ0v) is 10.6. The number of halogens is 1. The fourth-order valence-electron chi connectivity index (χ4n) is 2.73. The Morgan fingerprint density at radius 1 is 1.35 bits per heavy atom. The summed E-state index contributed by atoms with van der Waals surface area (Å²) in [5.41, 5.74) is 1.50. The van der Waals surface area contributed by atoms with E-state index in [-0.39, 0.29) is 0 Å². The summed E-state index contributed by atoms with van der Waals surface area (Å²) in [6.45, 7) is 1.80. The van der Waals surface area contributed by atoms with E-state index in [1.54, 1.807) is 12.1 Å². The standard InChI is InChI=1S/C14H18ClNO/c15-12-3-4-13(17)10(7-12)8-16-9-14(5-6-14)11-1-2-11/h3-4,7,11,16-17H,1-2,5-6,8-9H2. The smallest absolute Gasteiger partial charge is 0.120 e. The highest BCUT2D eigenvalue weighted by atomic mass is 35.5. The number of hydrogen-bond donors (Lipinski definition) is 2. The average Bonchev–Trinajstić information content (AvgIpc) is 3.14. The predicted molar refractivity (Wildman–Crippen MR) is 69.2 cm³/mol. The van der Waals surface area contributed by atoms with Crippen LogP contribution in [0.5, 0.6) is 5.75 Å². The molecule has 1 aromatic carbocycles. The lowest BCUT2D eigenvalue weighted by atomic mass is 10.0. The first-order valence-electron chi connectivity index (χ1n) is 6.38. The molecule has 2 saturated carbocycles. The van der Waals surface area contributed by atoms with Gasteiger partial charge in [0.15, 0.2) is 0 Å². The highest BCUT2D eigenvalue weighted by molar-refractivity contribution is 6.30. The molecule has 0 heterocycles. The molecule has 92 valence electrons. The molecule has 0 aromatic heterocycles. The Kier molecular flexibility index (Phi) is 2.80. The van der Waals surface area contributed by atoms with Crippen molar-refractivity contribution in [2.45, 2.75) is 32.2 Å². The molecule has 0 unspecified atom stereocenters. The van der Waals surface area contributed by atoms with E-state index in [0.717, 1.165) is 18.0 Å². The minimum atomic E-state index is 0.332. The van der Waals surface area contributed by atoms with Crippen molar-refractivity contribution in [3.05, 3.63) is 28.8 Å². The number of phenols is 1. The Balaban J connectivity index is 1.55. The molecule has 3 heteroatoms. The highest BCUT2D eigenvalue weighted by Crippen LogP contribution is 2.60. The predicted octanol–water partition coefficient (Wildman–Crippen LogP) is 3.33. The van der Waals surface area contributed by atoms with Crippen molar-refractivity contribution in [3.63, 3.8) is 0 Å². The van der Waals surface area contributed by atoms with Crippen molar-refractivity contribution in [2.75, 3.05) is 6.54 Å². The Morgan fingerprint density at radius 3 is 2.76 bits per heavy atom. The van der Waals surface area contributed by atoms with Crippen LogP contribution in [0.3, 0.4) is 0 Å². The molecular weight excluding hydrogens is 234 g/mol. The summed E-state index contributed by atoms with van der Waals surface area (Å²) < 4.78 is 0. The molecule has 2 N–H and O–H groups in total. The molecular formula is C14H18ClNO. The van der Waals surface area contributed by atoms with Crippen LogP contribution in [-0.4, -0.2) is 11.7 Å². The zero-order valence-electron chi connectivity index (χ0n) is 9.88. The van der Waals surface area contributed by atoms with Crippen LogP contribution in [0, 0.1) is 11.3 Å². The molecule has 2 aliphatic carbocycles. The van der Waals surface area contributed by atoms with Gasteiger partial charge in [-0.25, -0.2) is 0 Å². The van der Waals surface area contributed by atoms with Gasteiger partial charge in [-0.05, 0) is 55.2 Å². The van der Waals surface area contributed by atoms with Crippen LogP contribution < -0.4 is 5.32 Å². The van der Waals surface area contributed by atoms with Gasteiger partial charge in [0.05, 0.1) is 0 Å².